The number of hydrogen-bond donors (Lipinski definition) is 1. The lowest BCUT2D eigenvalue weighted by Crippen LogP contribution is -2.27. The Labute approximate surface area is 205 Å². The number of hydrogen-bond acceptors (Lipinski definition) is 7. The first-order valence-electron chi connectivity index (χ1n) is 10.6. The van der Waals surface area contributed by atoms with Gasteiger partial charge in [0.1, 0.15) is 21.5 Å². The normalized spacial score (nSPS) is 15.0. The Balaban J connectivity index is 1.55. The van der Waals surface area contributed by atoms with Crippen LogP contribution in [0.1, 0.15) is 22.5 Å². The lowest BCUT2D eigenvalue weighted by atomic mass is 10.2. The number of thioether (sulfide) groups is 1. The number of anilines is 1. The van der Waals surface area contributed by atoms with Crippen LogP contribution in [-0.2, 0) is 17.9 Å². The first-order valence-corrected chi connectivity index (χ1v) is 11.8. The first-order chi connectivity index (χ1) is 16.5. The summed E-state index contributed by atoms with van der Waals surface area (Å²) >= 11 is 6.59. The largest absolute Gasteiger partial charge is 0.467 e. The predicted octanol–water partition coefficient (Wildman–Crippen LogP) is 4.61. The first kappa shape index (κ1) is 22.1. The zero-order chi connectivity index (χ0) is 23.7. The molecule has 1 aliphatic heterocycles. The maximum atomic E-state index is 13.5. The molecule has 1 amide bonds. The number of carbonyl (C=O) groups excluding carboxylic acids is 1. The number of aromatic nitrogens is 2. The summed E-state index contributed by atoms with van der Waals surface area (Å²) in [6, 6.07) is 17.1. The van der Waals surface area contributed by atoms with Gasteiger partial charge in [-0.3, -0.25) is 18.9 Å². The van der Waals surface area contributed by atoms with Crippen molar-refractivity contribution in [3.63, 3.8) is 0 Å². The molecule has 1 aliphatic rings. The number of furan rings is 1. The minimum Gasteiger partial charge on any atom is -0.467 e. The van der Waals surface area contributed by atoms with Gasteiger partial charge in [0.15, 0.2) is 0 Å². The molecule has 1 fully saturated rings. The number of pyridine rings is 1. The molecule has 9 heteroatoms. The molecular formula is C25H20N4O3S2. The molecule has 0 saturated carbocycles. The molecule has 7 nitrogen and oxygen atoms in total. The highest BCUT2D eigenvalue weighted by molar-refractivity contribution is 8.26. The van der Waals surface area contributed by atoms with Gasteiger partial charge in [0.05, 0.1) is 23.3 Å². The highest BCUT2D eigenvalue weighted by Crippen LogP contribution is 2.34. The number of aryl methyl sites for hydroxylation is 1. The summed E-state index contributed by atoms with van der Waals surface area (Å²) in [6.07, 6.45) is 4.81. The molecule has 1 N–H and O–H groups in total. The molecular weight excluding hydrogens is 468 g/mol. The van der Waals surface area contributed by atoms with E-state index in [9.17, 15) is 9.59 Å². The summed E-state index contributed by atoms with van der Waals surface area (Å²) in [5, 5.41) is 3.29. The van der Waals surface area contributed by atoms with Gasteiger partial charge >= 0.3 is 0 Å². The van der Waals surface area contributed by atoms with Crippen LogP contribution >= 0.6 is 24.0 Å². The van der Waals surface area contributed by atoms with Crippen LogP contribution in [0.5, 0.6) is 0 Å². The average molecular weight is 489 g/mol. The topological polar surface area (TPSA) is 79.8 Å². The van der Waals surface area contributed by atoms with E-state index in [0.717, 1.165) is 22.9 Å². The predicted molar refractivity (Wildman–Crippen MR) is 137 cm³/mol. The van der Waals surface area contributed by atoms with Crippen molar-refractivity contribution in [3.8, 4) is 0 Å². The zero-order valence-electron chi connectivity index (χ0n) is 18.2. The van der Waals surface area contributed by atoms with Gasteiger partial charge in [-0.1, -0.05) is 60.4 Å². The number of fused-ring (bicyclic) bond motifs is 1. The van der Waals surface area contributed by atoms with E-state index < -0.39 is 0 Å². The summed E-state index contributed by atoms with van der Waals surface area (Å²) in [5.41, 5.74) is 2.52. The Morgan fingerprint density at radius 1 is 1.12 bits per heavy atom. The number of benzene rings is 1. The Morgan fingerprint density at radius 2 is 1.94 bits per heavy atom. The molecule has 0 aliphatic carbocycles. The number of nitrogens with zero attached hydrogens (tertiary/aromatic N) is 3. The minimum absolute atomic E-state index is 0.238. The molecule has 0 bridgehead atoms. The van der Waals surface area contributed by atoms with E-state index in [1.807, 2.05) is 43.3 Å². The second-order valence-electron chi connectivity index (χ2n) is 7.75. The summed E-state index contributed by atoms with van der Waals surface area (Å²) < 4.78 is 7.27. The second-order valence-corrected chi connectivity index (χ2v) is 9.43. The standard InChI is InChI=1S/C25H20N4O3S2/c1-16-7-5-11-28-22(16)27-21(26-14-17-8-3-2-4-9-17)19(23(28)30)13-20-24(31)29(25(33)34-20)15-18-10-6-12-32-18/h2-13,26H,14-15H2,1H3. The van der Waals surface area contributed by atoms with Crippen LogP contribution in [0.25, 0.3) is 11.7 Å². The summed E-state index contributed by atoms with van der Waals surface area (Å²) in [5.74, 6) is 0.777. The molecule has 3 aromatic heterocycles. The van der Waals surface area contributed by atoms with Crippen molar-refractivity contribution in [2.24, 2.45) is 0 Å². The van der Waals surface area contributed by atoms with Crippen molar-refractivity contribution < 1.29 is 9.21 Å². The highest BCUT2D eigenvalue weighted by Gasteiger charge is 2.33. The number of nitrogens with one attached hydrogen (secondary N) is 1. The molecule has 0 radical (unpaired) electrons. The highest BCUT2D eigenvalue weighted by atomic mass is 32.2. The van der Waals surface area contributed by atoms with Crippen molar-refractivity contribution in [2.75, 3.05) is 5.32 Å². The smallest absolute Gasteiger partial charge is 0.267 e. The number of thiocarbonyl (C=S) groups is 1. The van der Waals surface area contributed by atoms with Crippen LogP contribution < -0.4 is 10.9 Å². The molecule has 34 heavy (non-hydrogen) atoms. The minimum atomic E-state index is -0.269. The Kier molecular flexibility index (Phi) is 6.04. The SMILES string of the molecule is Cc1cccn2c(=O)c(C=C3SC(=S)N(Cc4ccco4)C3=O)c(NCc3ccccc3)nc12. The van der Waals surface area contributed by atoms with Gasteiger partial charge in [0.25, 0.3) is 11.5 Å². The van der Waals surface area contributed by atoms with Crippen molar-refractivity contribution in [1.29, 1.82) is 0 Å². The Morgan fingerprint density at radius 3 is 2.71 bits per heavy atom. The van der Waals surface area contributed by atoms with E-state index in [-0.39, 0.29) is 18.0 Å². The summed E-state index contributed by atoms with van der Waals surface area (Å²) in [4.78, 5) is 33.2. The van der Waals surface area contributed by atoms with Gasteiger partial charge in [0, 0.05) is 12.7 Å². The quantitative estimate of drug-likeness (QED) is 0.314. The van der Waals surface area contributed by atoms with Crippen LogP contribution in [0, 0.1) is 6.92 Å². The molecule has 4 aromatic rings. The molecule has 4 heterocycles. The van der Waals surface area contributed by atoms with Crippen LogP contribution in [0.3, 0.4) is 0 Å². The fourth-order valence-corrected chi connectivity index (χ4v) is 4.92. The van der Waals surface area contributed by atoms with Crippen LogP contribution in [0.4, 0.5) is 5.82 Å². The van der Waals surface area contributed by atoms with Crippen molar-refractivity contribution in [3.05, 3.63) is 105 Å². The van der Waals surface area contributed by atoms with Gasteiger partial charge in [0.2, 0.25) is 0 Å². The molecule has 170 valence electrons. The summed E-state index contributed by atoms with van der Waals surface area (Å²) in [6.45, 7) is 2.63. The lowest BCUT2D eigenvalue weighted by Gasteiger charge is -2.13. The van der Waals surface area contributed by atoms with Gasteiger partial charge in [-0.15, -0.1) is 0 Å². The maximum Gasteiger partial charge on any atom is 0.267 e. The fraction of sp³-hybridized carbons (Fsp3) is 0.120. The maximum absolute atomic E-state index is 13.5. The monoisotopic (exact) mass is 488 g/mol. The molecule has 0 atom stereocenters. The molecule has 1 aromatic carbocycles. The van der Waals surface area contributed by atoms with Crippen LogP contribution in [0.2, 0.25) is 0 Å². The third-order valence-electron chi connectivity index (χ3n) is 5.43. The molecule has 5 rings (SSSR count). The lowest BCUT2D eigenvalue weighted by molar-refractivity contribution is -0.122. The van der Waals surface area contributed by atoms with E-state index in [1.165, 1.54) is 9.30 Å². The van der Waals surface area contributed by atoms with Crippen molar-refractivity contribution >= 4 is 51.7 Å². The van der Waals surface area contributed by atoms with Crippen LogP contribution in [0.15, 0.2) is 81.2 Å². The summed E-state index contributed by atoms with van der Waals surface area (Å²) in [7, 11) is 0. The zero-order valence-corrected chi connectivity index (χ0v) is 19.9. The fourth-order valence-electron chi connectivity index (χ4n) is 3.68. The Bertz CT molecular complexity index is 1480. The number of carbonyl (C=O) groups is 1. The molecule has 0 unspecified atom stereocenters. The van der Waals surface area contributed by atoms with E-state index in [0.29, 0.717) is 38.6 Å². The second kappa shape index (κ2) is 9.28. The van der Waals surface area contributed by atoms with Gasteiger partial charge in [-0.05, 0) is 42.3 Å². The van der Waals surface area contributed by atoms with Gasteiger partial charge < -0.3 is 9.73 Å². The molecule has 0 spiro atoms. The number of amides is 1. The van der Waals surface area contributed by atoms with E-state index in [1.54, 1.807) is 36.7 Å². The van der Waals surface area contributed by atoms with E-state index in [2.05, 4.69) is 5.32 Å². The van der Waals surface area contributed by atoms with Crippen molar-refractivity contribution in [1.82, 2.24) is 14.3 Å². The molecule has 1 saturated heterocycles. The van der Waals surface area contributed by atoms with Gasteiger partial charge in [-0.2, -0.15) is 0 Å². The third kappa shape index (κ3) is 4.27. The van der Waals surface area contributed by atoms with Crippen molar-refractivity contribution in [2.45, 2.75) is 20.0 Å². The Hall–Kier alpha value is -3.69. The average Bonchev–Trinajstić information content (AvgIpc) is 3.45. The third-order valence-corrected chi connectivity index (χ3v) is 6.81. The number of rotatable bonds is 6. The van der Waals surface area contributed by atoms with Crippen LogP contribution in [-0.4, -0.2) is 24.5 Å². The van der Waals surface area contributed by atoms with E-state index in [4.69, 9.17) is 21.6 Å². The van der Waals surface area contributed by atoms with E-state index >= 15 is 0 Å². The van der Waals surface area contributed by atoms with Gasteiger partial charge in [-0.25, -0.2) is 4.98 Å².